The fraction of sp³-hybridized carbons (Fsp3) is 0.389. The predicted octanol–water partition coefficient (Wildman–Crippen LogP) is 1.34. The van der Waals surface area contributed by atoms with Crippen LogP contribution in [0.5, 0.6) is 0 Å². The summed E-state index contributed by atoms with van der Waals surface area (Å²) in [6, 6.07) is 7.89. The Morgan fingerprint density at radius 3 is 2.56 bits per heavy atom. The van der Waals surface area contributed by atoms with Gasteiger partial charge in [0, 0.05) is 38.2 Å². The molecule has 0 radical (unpaired) electrons. The summed E-state index contributed by atoms with van der Waals surface area (Å²) >= 11 is 0. The number of nitrogens with zero attached hydrogens (tertiary/aromatic N) is 2. The first-order valence-electron chi connectivity index (χ1n) is 8.16. The highest BCUT2D eigenvalue weighted by Gasteiger charge is 2.70. The number of carbonyl (C=O) groups is 2. The van der Waals surface area contributed by atoms with Crippen LogP contribution in [0, 0.1) is 5.41 Å². The molecule has 5 rings (SSSR count). The number of aryl methyl sites for hydroxylation is 1. The monoisotopic (exact) mass is 341 g/mol. The normalized spacial score (nSPS) is 26.9. The Balaban J connectivity index is 1.36. The molecule has 1 aliphatic carbocycles. The van der Waals surface area contributed by atoms with Crippen molar-refractivity contribution in [2.45, 2.75) is 25.0 Å². The van der Waals surface area contributed by atoms with Crippen LogP contribution in [0.4, 0.5) is 0 Å². The maximum absolute atomic E-state index is 12.4. The number of rotatable bonds is 5. The van der Waals surface area contributed by atoms with E-state index in [2.05, 4.69) is 10.4 Å². The van der Waals surface area contributed by atoms with Crippen LogP contribution in [0.1, 0.15) is 18.4 Å². The summed E-state index contributed by atoms with van der Waals surface area (Å²) in [5.41, 5.74) is 1.26. The van der Waals surface area contributed by atoms with Crippen LogP contribution in [0.15, 0.2) is 36.7 Å². The van der Waals surface area contributed by atoms with Crippen LogP contribution in [0.2, 0.25) is 0 Å². The molecular weight excluding hydrogens is 322 g/mol. The SMILES string of the molecule is Cn1cc(-c2ccc(CNC(=O)C34CC(C(=O)O)(CO3)C4)cc2)cn1. The Morgan fingerprint density at radius 2 is 2.00 bits per heavy atom. The number of amides is 1. The molecule has 1 saturated carbocycles. The number of carboxylic acid groups (broad SMARTS) is 1. The molecule has 3 fully saturated rings. The lowest BCUT2D eigenvalue weighted by molar-refractivity contribution is -0.158. The predicted molar refractivity (Wildman–Crippen MR) is 88.5 cm³/mol. The number of carbonyl (C=O) groups excluding carboxylic acids is 1. The Hall–Kier alpha value is -2.67. The van der Waals surface area contributed by atoms with Crippen molar-refractivity contribution in [2.75, 3.05) is 6.61 Å². The molecular formula is C18H19N3O4. The van der Waals surface area contributed by atoms with Crippen LogP contribution in [-0.4, -0.2) is 39.0 Å². The summed E-state index contributed by atoms with van der Waals surface area (Å²) in [5, 5.41) is 16.2. The highest BCUT2D eigenvalue weighted by molar-refractivity contribution is 5.92. The van der Waals surface area contributed by atoms with Crippen molar-refractivity contribution in [3.63, 3.8) is 0 Å². The molecule has 1 aromatic heterocycles. The topological polar surface area (TPSA) is 93.5 Å². The van der Waals surface area contributed by atoms with E-state index >= 15 is 0 Å². The fourth-order valence-electron chi connectivity index (χ4n) is 3.69. The molecule has 0 spiro atoms. The molecule has 2 saturated heterocycles. The minimum atomic E-state index is -0.950. The maximum atomic E-state index is 12.4. The van der Waals surface area contributed by atoms with E-state index in [-0.39, 0.29) is 25.4 Å². The number of aromatic nitrogens is 2. The lowest BCUT2D eigenvalue weighted by Gasteiger charge is -2.40. The van der Waals surface area contributed by atoms with Gasteiger partial charge in [-0.25, -0.2) is 0 Å². The smallest absolute Gasteiger partial charge is 0.312 e. The van der Waals surface area contributed by atoms with E-state index in [1.807, 2.05) is 37.5 Å². The third kappa shape index (κ3) is 2.51. The van der Waals surface area contributed by atoms with Crippen molar-refractivity contribution < 1.29 is 19.4 Å². The minimum absolute atomic E-state index is 0.121. The zero-order chi connectivity index (χ0) is 17.7. The summed E-state index contributed by atoms with van der Waals surface area (Å²) in [7, 11) is 1.87. The van der Waals surface area contributed by atoms with Crippen LogP contribution >= 0.6 is 0 Å². The van der Waals surface area contributed by atoms with Crippen LogP contribution in [0.3, 0.4) is 0 Å². The van der Waals surface area contributed by atoms with Gasteiger partial charge in [-0.05, 0) is 11.1 Å². The van der Waals surface area contributed by atoms with Crippen LogP contribution in [-0.2, 0) is 27.9 Å². The largest absolute Gasteiger partial charge is 0.481 e. The third-order valence-corrected chi connectivity index (χ3v) is 5.19. The first kappa shape index (κ1) is 15.8. The molecule has 3 heterocycles. The molecule has 0 unspecified atom stereocenters. The maximum Gasteiger partial charge on any atom is 0.312 e. The van der Waals surface area contributed by atoms with E-state index in [0.717, 1.165) is 16.7 Å². The van der Waals surface area contributed by atoms with Crippen LogP contribution < -0.4 is 5.32 Å². The molecule has 2 bridgehead atoms. The number of fused-ring (bicyclic) bond motifs is 1. The van der Waals surface area contributed by atoms with Crippen LogP contribution in [0.25, 0.3) is 11.1 Å². The van der Waals surface area contributed by atoms with E-state index in [1.165, 1.54) is 0 Å². The van der Waals surface area contributed by atoms with E-state index in [4.69, 9.17) is 4.74 Å². The molecule has 7 nitrogen and oxygen atoms in total. The van der Waals surface area contributed by atoms with E-state index < -0.39 is 17.0 Å². The lowest BCUT2D eigenvalue weighted by Crippen LogP contribution is -2.57. The zero-order valence-electron chi connectivity index (χ0n) is 13.9. The minimum Gasteiger partial charge on any atom is -0.481 e. The van der Waals surface area contributed by atoms with Gasteiger partial charge in [0.1, 0.15) is 5.60 Å². The number of hydrogen-bond acceptors (Lipinski definition) is 4. The number of nitrogens with one attached hydrogen (secondary N) is 1. The molecule has 25 heavy (non-hydrogen) atoms. The van der Waals surface area contributed by atoms with Gasteiger partial charge in [-0.15, -0.1) is 0 Å². The van der Waals surface area contributed by atoms with Crippen molar-refractivity contribution in [1.29, 1.82) is 0 Å². The van der Waals surface area contributed by atoms with Gasteiger partial charge in [0.15, 0.2) is 0 Å². The van der Waals surface area contributed by atoms with Crippen molar-refractivity contribution >= 4 is 11.9 Å². The van der Waals surface area contributed by atoms with E-state index in [9.17, 15) is 14.7 Å². The molecule has 2 N–H and O–H groups in total. The number of ether oxygens (including phenoxy) is 1. The van der Waals surface area contributed by atoms with E-state index in [1.54, 1.807) is 10.9 Å². The number of aliphatic carboxylic acids is 1. The molecule has 1 amide bonds. The molecule has 130 valence electrons. The highest BCUT2D eigenvalue weighted by atomic mass is 16.5. The number of hydrogen-bond donors (Lipinski definition) is 2. The molecule has 2 aliphatic heterocycles. The Bertz CT molecular complexity index is 834. The van der Waals surface area contributed by atoms with Crippen molar-refractivity contribution in [1.82, 2.24) is 15.1 Å². The average molecular weight is 341 g/mol. The standard InChI is InChI=1S/C18H19N3O4/c1-21-8-14(7-20-21)13-4-2-12(3-5-13)6-19-15(22)18-9-17(10-18,11-25-18)16(23)24/h2-5,7-8H,6,9-11H2,1H3,(H,19,22)(H,23,24). The summed E-state index contributed by atoms with van der Waals surface area (Å²) in [6.07, 6.45) is 4.28. The van der Waals surface area contributed by atoms with Gasteiger partial charge in [-0.2, -0.15) is 5.10 Å². The van der Waals surface area contributed by atoms with Crippen molar-refractivity contribution in [3.8, 4) is 11.1 Å². The Morgan fingerprint density at radius 1 is 1.28 bits per heavy atom. The quantitative estimate of drug-likeness (QED) is 0.856. The van der Waals surface area contributed by atoms with Gasteiger partial charge >= 0.3 is 5.97 Å². The van der Waals surface area contributed by atoms with Gasteiger partial charge in [0.2, 0.25) is 0 Å². The molecule has 2 aromatic rings. The van der Waals surface area contributed by atoms with Gasteiger partial charge in [0.05, 0.1) is 18.2 Å². The van der Waals surface area contributed by atoms with E-state index in [0.29, 0.717) is 6.54 Å². The van der Waals surface area contributed by atoms with Gasteiger partial charge < -0.3 is 15.2 Å². The molecule has 3 aliphatic rings. The molecule has 0 atom stereocenters. The summed E-state index contributed by atoms with van der Waals surface area (Å²) < 4.78 is 7.26. The Labute approximate surface area is 144 Å². The first-order chi connectivity index (χ1) is 11.9. The van der Waals surface area contributed by atoms with Gasteiger partial charge in [-0.3, -0.25) is 14.3 Å². The summed E-state index contributed by atoms with van der Waals surface area (Å²) in [4.78, 5) is 23.6. The first-order valence-corrected chi connectivity index (χ1v) is 8.16. The van der Waals surface area contributed by atoms with Crippen molar-refractivity contribution in [3.05, 3.63) is 42.2 Å². The molecule has 7 heteroatoms. The lowest BCUT2D eigenvalue weighted by atomic mass is 9.62. The third-order valence-electron chi connectivity index (χ3n) is 5.19. The fourth-order valence-corrected chi connectivity index (χ4v) is 3.69. The zero-order valence-corrected chi connectivity index (χ0v) is 13.9. The van der Waals surface area contributed by atoms with Gasteiger partial charge in [-0.1, -0.05) is 24.3 Å². The molecule has 1 aromatic carbocycles. The van der Waals surface area contributed by atoms with Gasteiger partial charge in [0.25, 0.3) is 5.91 Å². The summed E-state index contributed by atoms with van der Waals surface area (Å²) in [5.74, 6) is -1.10. The summed E-state index contributed by atoms with van der Waals surface area (Å²) in [6.45, 7) is 0.507. The average Bonchev–Trinajstić information content (AvgIpc) is 3.26. The van der Waals surface area contributed by atoms with Crippen molar-refractivity contribution in [2.24, 2.45) is 12.5 Å². The number of benzene rings is 1. The second-order valence-electron chi connectivity index (χ2n) is 7.00. The number of carboxylic acids is 1. The highest BCUT2D eigenvalue weighted by Crippen LogP contribution is 2.58. The second kappa shape index (κ2) is 5.42. The Kier molecular flexibility index (Phi) is 3.43. The second-order valence-corrected chi connectivity index (χ2v) is 7.00.